The Balaban J connectivity index is 1.12. The number of hydrogen-bond donors (Lipinski definition) is 0. The molecule has 0 aliphatic heterocycles. The van der Waals surface area contributed by atoms with Crippen LogP contribution in [-0.4, -0.2) is 15.0 Å². The quantitative estimate of drug-likeness (QED) is 0.164. The summed E-state index contributed by atoms with van der Waals surface area (Å²) in [7, 11) is 0. The maximum absolute atomic E-state index is 9.58. The van der Waals surface area contributed by atoms with E-state index in [1.54, 1.807) is 0 Å². The minimum atomic E-state index is 0.280. The molecule has 0 spiro atoms. The highest BCUT2D eigenvalue weighted by molar-refractivity contribution is 6.21. The second-order valence-electron chi connectivity index (χ2n) is 17.1. The van der Waals surface area contributed by atoms with Gasteiger partial charge in [0.25, 0.3) is 0 Å². The lowest BCUT2D eigenvalue weighted by atomic mass is 9.54. The lowest BCUT2D eigenvalue weighted by Crippen LogP contribution is -2.42. The van der Waals surface area contributed by atoms with Crippen LogP contribution in [0.2, 0.25) is 0 Å². The molecule has 2 aliphatic carbocycles. The van der Waals surface area contributed by atoms with Gasteiger partial charge in [0.2, 0.25) is 0 Å². The predicted molar refractivity (Wildman–Crippen MR) is 235 cm³/mol. The fourth-order valence-electron chi connectivity index (χ4n) is 11.1. The molecular weight excluding hydrogens is 709 g/mol. The highest BCUT2D eigenvalue weighted by Gasteiger charge is 2.45. The Kier molecular flexibility index (Phi) is 8.05. The van der Waals surface area contributed by atoms with E-state index in [2.05, 4.69) is 105 Å². The fraction of sp³-hybridized carbons (Fsp3) is 0.208. The van der Waals surface area contributed by atoms with Gasteiger partial charge in [-0.25, -0.2) is 15.0 Å². The first-order chi connectivity index (χ1) is 28.4. The van der Waals surface area contributed by atoms with Crippen LogP contribution in [-0.2, 0) is 5.41 Å². The average molecular weight is 751 g/mol. The molecule has 2 fully saturated rings. The van der Waals surface area contributed by atoms with Crippen molar-refractivity contribution in [2.45, 2.75) is 51.4 Å². The number of benzene rings is 7. The van der Waals surface area contributed by atoms with E-state index >= 15 is 0 Å². The number of para-hydroxylation sites is 2. The number of fused-ring (bicyclic) bond motifs is 7. The summed E-state index contributed by atoms with van der Waals surface area (Å²) < 4.78 is 6.51. The van der Waals surface area contributed by atoms with Crippen molar-refractivity contribution in [1.29, 1.82) is 5.26 Å². The van der Waals surface area contributed by atoms with Gasteiger partial charge in [0.1, 0.15) is 11.2 Å². The highest BCUT2D eigenvalue weighted by atomic mass is 16.3. The van der Waals surface area contributed by atoms with Crippen molar-refractivity contribution in [3.05, 3.63) is 151 Å². The van der Waals surface area contributed by atoms with Gasteiger partial charge in [0.05, 0.1) is 17.2 Å². The van der Waals surface area contributed by atoms with Crippen LogP contribution in [0.3, 0.4) is 0 Å². The van der Waals surface area contributed by atoms with Crippen LogP contribution in [0.25, 0.3) is 88.8 Å². The molecule has 5 heteroatoms. The lowest BCUT2D eigenvalue weighted by Gasteiger charge is -2.50. The Morgan fingerprint density at radius 2 is 1.09 bits per heavy atom. The molecule has 0 amide bonds. The smallest absolute Gasteiger partial charge is 0.167 e. The third-order valence-electron chi connectivity index (χ3n) is 13.1. The molecule has 5 nitrogen and oxygen atoms in total. The van der Waals surface area contributed by atoms with E-state index in [1.807, 2.05) is 54.6 Å². The first-order valence-corrected chi connectivity index (χ1v) is 20.7. The average Bonchev–Trinajstić information content (AvgIpc) is 3.64. The summed E-state index contributed by atoms with van der Waals surface area (Å²) in [4.78, 5) is 15.7. The molecule has 2 saturated carbocycles. The molecule has 2 bridgehead atoms. The Morgan fingerprint density at radius 3 is 1.74 bits per heavy atom. The van der Waals surface area contributed by atoms with E-state index in [4.69, 9.17) is 19.4 Å². The highest BCUT2D eigenvalue weighted by Crippen LogP contribution is 2.54. The number of nitrogens with zero attached hydrogens (tertiary/aromatic N) is 4. The van der Waals surface area contributed by atoms with Crippen molar-refractivity contribution >= 4 is 43.5 Å². The molecule has 2 aromatic heterocycles. The van der Waals surface area contributed by atoms with Crippen LogP contribution in [0.5, 0.6) is 0 Å². The maximum atomic E-state index is 9.58. The molecule has 2 unspecified atom stereocenters. The SMILES string of the molecule is C[C@@H]1CC2C[C@H](C)CC(c3ccc(-c4c5ccccc5c(-c5nc(-c6ccc(C#N)cc6)nc(-c6cccc7c6oc6ccccc67)n5)c5ccccc45)cc3)(C2)C1. The summed E-state index contributed by atoms with van der Waals surface area (Å²) in [5, 5.41) is 16.1. The molecule has 2 heterocycles. The second kappa shape index (κ2) is 13.5. The number of rotatable bonds is 5. The summed E-state index contributed by atoms with van der Waals surface area (Å²) in [6.07, 6.45) is 6.65. The summed E-state index contributed by atoms with van der Waals surface area (Å²) in [6.45, 7) is 4.93. The minimum Gasteiger partial charge on any atom is -0.455 e. The van der Waals surface area contributed by atoms with Crippen molar-refractivity contribution in [2.75, 3.05) is 0 Å². The molecule has 58 heavy (non-hydrogen) atoms. The van der Waals surface area contributed by atoms with Crippen molar-refractivity contribution in [3.63, 3.8) is 0 Å². The topological polar surface area (TPSA) is 75.6 Å². The Labute approximate surface area is 338 Å². The van der Waals surface area contributed by atoms with Gasteiger partial charge in [-0.15, -0.1) is 0 Å². The third kappa shape index (κ3) is 5.62. The van der Waals surface area contributed by atoms with E-state index in [0.717, 1.165) is 77.9 Å². The molecular formula is C53H42N4O. The summed E-state index contributed by atoms with van der Waals surface area (Å²) >= 11 is 0. The first kappa shape index (κ1) is 34.6. The third-order valence-corrected chi connectivity index (χ3v) is 13.1. The van der Waals surface area contributed by atoms with Crippen molar-refractivity contribution in [3.8, 4) is 51.4 Å². The van der Waals surface area contributed by atoms with Gasteiger partial charge in [-0.05, 0) is 130 Å². The number of nitriles is 1. The Bertz CT molecular complexity index is 3020. The molecule has 0 saturated heterocycles. The van der Waals surface area contributed by atoms with E-state index in [-0.39, 0.29) is 5.41 Å². The van der Waals surface area contributed by atoms with Crippen molar-refractivity contribution in [1.82, 2.24) is 15.0 Å². The van der Waals surface area contributed by atoms with Gasteiger partial charge in [0, 0.05) is 21.9 Å². The molecule has 2 aliphatic rings. The van der Waals surface area contributed by atoms with Gasteiger partial charge < -0.3 is 4.42 Å². The monoisotopic (exact) mass is 750 g/mol. The summed E-state index contributed by atoms with van der Waals surface area (Å²) in [5.74, 6) is 4.02. The fourth-order valence-corrected chi connectivity index (χ4v) is 11.1. The van der Waals surface area contributed by atoms with E-state index in [0.29, 0.717) is 23.0 Å². The molecule has 11 rings (SSSR count). The van der Waals surface area contributed by atoms with Gasteiger partial charge >= 0.3 is 0 Å². The molecule has 0 radical (unpaired) electrons. The standard InChI is InChI=1S/C53H42N4O/c1-32-26-35-27-33(2)29-53(28-32,30-35)38-24-22-36(23-25-38)47-40-11-3-5-13-42(40)48(43-14-6-4-12-41(43)47)52-56-50(37-20-18-34(31-54)19-21-37)55-51(57-52)45-16-9-15-44-39-10-7-8-17-46(39)58-49(44)45/h3-25,32-33,35H,26-30H2,1-2H3/t32-,33+,35?,53?. The number of hydrogen-bond acceptors (Lipinski definition) is 5. The van der Waals surface area contributed by atoms with Crippen molar-refractivity contribution in [2.24, 2.45) is 17.8 Å². The maximum Gasteiger partial charge on any atom is 0.167 e. The van der Waals surface area contributed by atoms with E-state index in [1.165, 1.54) is 48.8 Å². The number of aromatic nitrogens is 3. The minimum absolute atomic E-state index is 0.280. The Morgan fingerprint density at radius 1 is 0.534 bits per heavy atom. The molecule has 7 aromatic carbocycles. The van der Waals surface area contributed by atoms with Gasteiger partial charge in [-0.1, -0.05) is 117 Å². The van der Waals surface area contributed by atoms with Gasteiger partial charge in [0.15, 0.2) is 17.5 Å². The van der Waals surface area contributed by atoms with Crippen LogP contribution in [0.1, 0.15) is 57.1 Å². The lowest BCUT2D eigenvalue weighted by molar-refractivity contribution is 0.0780. The zero-order valence-corrected chi connectivity index (χ0v) is 32.7. The molecule has 0 N–H and O–H groups in total. The summed E-state index contributed by atoms with van der Waals surface area (Å²) in [5.41, 5.74) is 8.92. The first-order valence-electron chi connectivity index (χ1n) is 20.7. The van der Waals surface area contributed by atoms with Crippen LogP contribution < -0.4 is 0 Å². The molecule has 4 atom stereocenters. The van der Waals surface area contributed by atoms with E-state index < -0.39 is 0 Å². The largest absolute Gasteiger partial charge is 0.455 e. The van der Waals surface area contributed by atoms with Crippen LogP contribution >= 0.6 is 0 Å². The van der Waals surface area contributed by atoms with Crippen molar-refractivity contribution < 1.29 is 4.42 Å². The van der Waals surface area contributed by atoms with Crippen LogP contribution in [0.15, 0.2) is 144 Å². The zero-order valence-electron chi connectivity index (χ0n) is 32.7. The molecule has 280 valence electrons. The second-order valence-corrected chi connectivity index (χ2v) is 17.1. The van der Waals surface area contributed by atoms with E-state index in [9.17, 15) is 5.26 Å². The van der Waals surface area contributed by atoms with Crippen LogP contribution in [0, 0.1) is 29.1 Å². The zero-order chi connectivity index (χ0) is 39.0. The van der Waals surface area contributed by atoms with Gasteiger partial charge in [-0.3, -0.25) is 0 Å². The Hall–Kier alpha value is -6.64. The normalized spacial score (nSPS) is 20.5. The molecule has 9 aromatic rings. The predicted octanol–water partition coefficient (Wildman–Crippen LogP) is 13.7. The number of furan rings is 1. The van der Waals surface area contributed by atoms with Crippen LogP contribution in [0.4, 0.5) is 0 Å². The summed E-state index contributed by atoms with van der Waals surface area (Å²) in [6, 6.07) is 50.9. The van der Waals surface area contributed by atoms with Gasteiger partial charge in [-0.2, -0.15) is 5.26 Å².